The molecule has 47 heavy (non-hydrogen) atoms. The van der Waals surface area contributed by atoms with Crippen molar-refractivity contribution in [1.82, 2.24) is 15.1 Å². The van der Waals surface area contributed by atoms with E-state index >= 15 is 0 Å². The van der Waals surface area contributed by atoms with Crippen molar-refractivity contribution in [2.45, 2.75) is 75.8 Å². The topological polar surface area (TPSA) is 87.9 Å². The van der Waals surface area contributed by atoms with Gasteiger partial charge in [-0.2, -0.15) is 4.39 Å². The molecule has 1 saturated carbocycles. The molecule has 6 rings (SSSR count). The van der Waals surface area contributed by atoms with Crippen molar-refractivity contribution >= 4 is 29.0 Å². The first-order valence-corrected chi connectivity index (χ1v) is 16.4. The minimum atomic E-state index is -1.33. The van der Waals surface area contributed by atoms with Gasteiger partial charge in [0.25, 0.3) is 0 Å². The van der Waals surface area contributed by atoms with Gasteiger partial charge in [-0.1, -0.05) is 60.1 Å². The summed E-state index contributed by atoms with van der Waals surface area (Å²) in [6.45, 7) is 2.40. The van der Waals surface area contributed by atoms with Crippen LogP contribution in [0.5, 0.6) is 5.75 Å². The molecule has 3 N–H and O–H groups in total. The quantitative estimate of drug-likeness (QED) is 0.205. The van der Waals surface area contributed by atoms with Gasteiger partial charge in [-0.15, -0.1) is 0 Å². The highest BCUT2D eigenvalue weighted by Crippen LogP contribution is 2.35. The minimum absolute atomic E-state index is 0.0274. The average Bonchev–Trinajstić information content (AvgIpc) is 3.90. The predicted octanol–water partition coefficient (Wildman–Crippen LogP) is 5.63. The highest BCUT2D eigenvalue weighted by Gasteiger charge is 2.48. The van der Waals surface area contributed by atoms with Crippen LogP contribution in [-0.4, -0.2) is 65.0 Å². The number of rotatable bonds is 11. The molecule has 248 valence electrons. The summed E-state index contributed by atoms with van der Waals surface area (Å²) in [6, 6.07) is 15.2. The Balaban J connectivity index is 1.17. The zero-order valence-electron chi connectivity index (χ0n) is 26.1. The summed E-state index contributed by atoms with van der Waals surface area (Å²) >= 11 is 6.48. The number of ether oxygens (including phenoxy) is 1. The number of benzene rings is 3. The third-order valence-electron chi connectivity index (χ3n) is 9.05. The van der Waals surface area contributed by atoms with Gasteiger partial charge in [0.15, 0.2) is 17.4 Å². The summed E-state index contributed by atoms with van der Waals surface area (Å²) in [4.78, 5) is 31.3. The Morgan fingerprint density at radius 3 is 2.49 bits per heavy atom. The van der Waals surface area contributed by atoms with Crippen LogP contribution in [0, 0.1) is 17.5 Å². The van der Waals surface area contributed by atoms with Gasteiger partial charge in [0.2, 0.25) is 17.6 Å². The molecule has 3 aromatic rings. The van der Waals surface area contributed by atoms with Crippen molar-refractivity contribution in [3.8, 4) is 5.75 Å². The lowest BCUT2D eigenvalue weighted by molar-refractivity contribution is -0.150. The molecule has 0 aromatic heterocycles. The van der Waals surface area contributed by atoms with Crippen LogP contribution in [0.2, 0.25) is 5.02 Å². The van der Waals surface area contributed by atoms with E-state index in [4.69, 9.17) is 22.1 Å². The summed E-state index contributed by atoms with van der Waals surface area (Å²) in [7, 11) is 0. The fraction of sp³-hybridized carbons (Fsp3) is 0.389. The molecule has 2 aliphatic heterocycles. The number of nitrogens with zero attached hydrogens (tertiary/aromatic N) is 2. The van der Waals surface area contributed by atoms with E-state index in [2.05, 4.69) is 11.4 Å². The van der Waals surface area contributed by atoms with Gasteiger partial charge < -0.3 is 25.6 Å². The normalized spacial score (nSPS) is 21.2. The third kappa shape index (κ3) is 7.35. The van der Waals surface area contributed by atoms with Crippen molar-refractivity contribution in [3.05, 3.63) is 106 Å². The maximum Gasteiger partial charge on any atom is 0.247 e. The average molecular weight is 667 g/mol. The Bertz CT molecular complexity index is 1660. The Morgan fingerprint density at radius 1 is 1.06 bits per heavy atom. The standard InChI is InChI=1S/C36H38ClF3N4O3/c1-21(41)35(45)44-20-26-17-25(23-10-8-22(9-11-23)5-4-16-47-34-30(39)15-14-29(38)32(34)40)18-31(42-26)33(44)36(46)43(27-12-13-27)19-24-6-2-3-7-28(24)37/h2-3,6-11,14-15,18,21,26-27,31,33,42H,4-5,12-13,16-17,19-20,41H2,1H3/t21-,26-,31+,33?/m0/s1. The predicted molar refractivity (Wildman–Crippen MR) is 174 cm³/mol. The summed E-state index contributed by atoms with van der Waals surface area (Å²) in [6.07, 6.45) is 5.61. The van der Waals surface area contributed by atoms with Crippen LogP contribution in [0.3, 0.4) is 0 Å². The third-order valence-corrected chi connectivity index (χ3v) is 9.41. The molecule has 2 fully saturated rings. The molecule has 4 atom stereocenters. The maximum atomic E-state index is 14.4. The molecular weight excluding hydrogens is 629 g/mol. The summed E-state index contributed by atoms with van der Waals surface area (Å²) in [5.74, 6) is -4.50. The number of aryl methyl sites for hydroxylation is 1. The highest BCUT2D eigenvalue weighted by atomic mass is 35.5. The number of carbonyl (C=O) groups is 2. The van der Waals surface area contributed by atoms with Gasteiger partial charge in [-0.25, -0.2) is 8.78 Å². The van der Waals surface area contributed by atoms with E-state index < -0.39 is 41.3 Å². The van der Waals surface area contributed by atoms with Gasteiger partial charge >= 0.3 is 0 Å². The molecule has 3 aliphatic rings. The first-order valence-electron chi connectivity index (χ1n) is 16.0. The second-order valence-corrected chi connectivity index (χ2v) is 13.0. The number of hydrogen-bond donors (Lipinski definition) is 2. The first-order chi connectivity index (χ1) is 22.6. The zero-order chi connectivity index (χ0) is 33.2. The van der Waals surface area contributed by atoms with Gasteiger partial charge in [-0.3, -0.25) is 9.59 Å². The van der Waals surface area contributed by atoms with Crippen molar-refractivity contribution in [2.75, 3.05) is 13.2 Å². The number of piperazine rings is 1. The summed E-state index contributed by atoms with van der Waals surface area (Å²) in [5, 5.41) is 4.19. The Hall–Kier alpha value is -3.86. The van der Waals surface area contributed by atoms with Crippen LogP contribution in [-0.2, 0) is 22.6 Å². The number of hydrogen-bond acceptors (Lipinski definition) is 5. The van der Waals surface area contributed by atoms with Crippen LogP contribution in [0.25, 0.3) is 5.57 Å². The second-order valence-electron chi connectivity index (χ2n) is 12.6. The van der Waals surface area contributed by atoms with E-state index in [0.29, 0.717) is 37.4 Å². The fourth-order valence-corrected chi connectivity index (χ4v) is 6.69. The molecule has 1 unspecified atom stereocenters. The molecule has 3 aromatic carbocycles. The number of carbonyl (C=O) groups excluding carboxylic acids is 2. The zero-order valence-corrected chi connectivity index (χ0v) is 26.9. The van der Waals surface area contributed by atoms with E-state index in [1.54, 1.807) is 11.8 Å². The SMILES string of the molecule is C[C@H](N)C(=O)N1C[C@@H]2CC(c3ccc(CCCOc4c(F)ccc(F)c4F)cc3)=C[C@@H](N2)C1C(=O)N(Cc1ccccc1Cl)C1CC1. The van der Waals surface area contributed by atoms with Crippen LogP contribution in [0.15, 0.2) is 66.7 Å². The Kier molecular flexibility index (Phi) is 9.91. The van der Waals surface area contributed by atoms with Gasteiger partial charge in [-0.05, 0) is 79.5 Å². The van der Waals surface area contributed by atoms with E-state index in [-0.39, 0.29) is 30.5 Å². The number of amides is 2. The van der Waals surface area contributed by atoms with Crippen LogP contribution in [0.1, 0.15) is 49.3 Å². The fourth-order valence-electron chi connectivity index (χ4n) is 6.49. The number of nitrogens with two attached hydrogens (primary N) is 1. The van der Waals surface area contributed by atoms with Crippen molar-refractivity contribution in [2.24, 2.45) is 5.73 Å². The molecule has 0 spiro atoms. The van der Waals surface area contributed by atoms with E-state index in [1.165, 1.54) is 0 Å². The molecule has 7 nitrogen and oxygen atoms in total. The molecule has 2 bridgehead atoms. The molecule has 0 radical (unpaired) electrons. The highest BCUT2D eigenvalue weighted by molar-refractivity contribution is 6.31. The van der Waals surface area contributed by atoms with Crippen LogP contribution < -0.4 is 15.8 Å². The molecule has 1 saturated heterocycles. The lowest BCUT2D eigenvalue weighted by atomic mass is 9.85. The monoisotopic (exact) mass is 666 g/mol. The number of nitrogens with one attached hydrogen (secondary N) is 1. The van der Waals surface area contributed by atoms with Crippen LogP contribution in [0.4, 0.5) is 13.2 Å². The lowest BCUT2D eigenvalue weighted by Crippen LogP contribution is -2.70. The van der Waals surface area contributed by atoms with E-state index in [1.807, 2.05) is 53.4 Å². The summed E-state index contributed by atoms with van der Waals surface area (Å²) in [5.41, 5.74) is 10.0. The van der Waals surface area contributed by atoms with Gasteiger partial charge in [0.05, 0.1) is 18.7 Å². The molecular formula is C36H38ClF3N4O3. The maximum absolute atomic E-state index is 14.4. The molecule has 1 aliphatic carbocycles. The van der Waals surface area contributed by atoms with Gasteiger partial charge in [0, 0.05) is 30.2 Å². The Labute approximate surface area is 277 Å². The van der Waals surface area contributed by atoms with E-state index in [0.717, 1.165) is 47.2 Å². The van der Waals surface area contributed by atoms with Crippen LogP contribution >= 0.6 is 11.6 Å². The smallest absolute Gasteiger partial charge is 0.247 e. The lowest BCUT2D eigenvalue weighted by Gasteiger charge is -2.48. The number of halogens is 4. The van der Waals surface area contributed by atoms with Crippen molar-refractivity contribution in [3.63, 3.8) is 0 Å². The second kappa shape index (κ2) is 14.1. The first kappa shape index (κ1) is 33.1. The largest absolute Gasteiger partial charge is 0.488 e. The molecule has 2 heterocycles. The minimum Gasteiger partial charge on any atom is -0.488 e. The van der Waals surface area contributed by atoms with Gasteiger partial charge in [0.1, 0.15) is 6.04 Å². The van der Waals surface area contributed by atoms with Crippen molar-refractivity contribution in [1.29, 1.82) is 0 Å². The molecule has 11 heteroatoms. The summed E-state index contributed by atoms with van der Waals surface area (Å²) < 4.78 is 46.3. The number of fused-ring (bicyclic) bond motifs is 2. The molecule has 2 amide bonds. The van der Waals surface area contributed by atoms with Crippen molar-refractivity contribution < 1.29 is 27.5 Å². The Morgan fingerprint density at radius 2 is 1.79 bits per heavy atom. The van der Waals surface area contributed by atoms with E-state index in [9.17, 15) is 22.8 Å².